The molecule has 226 valence electrons. The lowest BCUT2D eigenvalue weighted by Gasteiger charge is -2.36. The number of ether oxygens (including phenoxy) is 2. The fraction of sp³-hybridized carbons (Fsp3) is 0.278. The van der Waals surface area contributed by atoms with Crippen LogP contribution in [0.5, 0.6) is 0 Å². The summed E-state index contributed by atoms with van der Waals surface area (Å²) in [6, 6.07) is 25.2. The molecule has 1 unspecified atom stereocenters. The monoisotopic (exact) mass is 600 g/mol. The number of methoxy groups -OCH3 is 1. The van der Waals surface area contributed by atoms with Crippen molar-refractivity contribution in [1.82, 2.24) is 19.4 Å². The minimum atomic E-state index is -1.13. The minimum Gasteiger partial charge on any atom is -0.379 e. The molecule has 9 rings (SSSR count). The Kier molecular flexibility index (Phi) is 5.44. The molecule has 4 aromatic carbocycles. The van der Waals surface area contributed by atoms with E-state index in [4.69, 9.17) is 9.47 Å². The molecule has 0 spiro atoms. The van der Waals surface area contributed by atoms with Gasteiger partial charge in [0.2, 0.25) is 0 Å². The molecule has 3 aliphatic heterocycles. The van der Waals surface area contributed by atoms with Gasteiger partial charge in [0, 0.05) is 59.7 Å². The molecule has 45 heavy (non-hydrogen) atoms. The van der Waals surface area contributed by atoms with Crippen LogP contribution in [0.25, 0.3) is 43.6 Å². The SMILES string of the molecule is CO[C@H]1C[C@@]2(C)O[C@H](C[C@@H]1N(C)C(=O)c1ccccc1)n1c3ccccc3c3c4c(c5c6ccccc6n2c5c31)C(O)NC4=O. The van der Waals surface area contributed by atoms with Gasteiger partial charge in [0.05, 0.1) is 39.8 Å². The average molecular weight is 601 g/mol. The van der Waals surface area contributed by atoms with Gasteiger partial charge in [-0.15, -0.1) is 0 Å². The second kappa shape index (κ2) is 9.17. The fourth-order valence-corrected chi connectivity index (χ4v) is 8.46. The van der Waals surface area contributed by atoms with E-state index < -0.39 is 18.2 Å². The lowest BCUT2D eigenvalue weighted by atomic mass is 9.95. The summed E-state index contributed by atoms with van der Waals surface area (Å²) in [5.74, 6) is -0.372. The Bertz CT molecular complexity index is 2240. The maximum absolute atomic E-state index is 13.8. The van der Waals surface area contributed by atoms with Crippen molar-refractivity contribution in [3.63, 3.8) is 0 Å². The number of aliphatic hydroxyl groups is 1. The summed E-state index contributed by atoms with van der Waals surface area (Å²) >= 11 is 0. The number of benzene rings is 4. The number of amides is 2. The van der Waals surface area contributed by atoms with E-state index in [9.17, 15) is 14.7 Å². The number of aromatic nitrogens is 2. The first-order chi connectivity index (χ1) is 21.8. The number of nitrogens with zero attached hydrogens (tertiary/aromatic N) is 3. The van der Waals surface area contributed by atoms with Crippen LogP contribution in [0.4, 0.5) is 0 Å². The Morgan fingerprint density at radius 2 is 1.64 bits per heavy atom. The number of hydrogen-bond acceptors (Lipinski definition) is 5. The average Bonchev–Trinajstić information content (AvgIpc) is 3.62. The van der Waals surface area contributed by atoms with Crippen LogP contribution < -0.4 is 5.32 Å². The van der Waals surface area contributed by atoms with Gasteiger partial charge in [0.25, 0.3) is 11.8 Å². The standard InChI is InChI=1S/C36H32N4O5/c1-36-18-25(44-3)24(38(2)35(43)19-11-5-4-6-12-19)17-26(45-36)39-22-15-9-7-13-20(22)27-29-30(34(42)37-33(29)41)28-21-14-8-10-16-23(21)40(36)32(28)31(27)39/h4-16,24-26,34,42H,17-18H2,1-3H3,(H,37,41)/t24-,25-,26+,34?,36+/m0/s1. The van der Waals surface area contributed by atoms with Crippen LogP contribution in [0, 0.1) is 0 Å². The predicted molar refractivity (Wildman–Crippen MR) is 171 cm³/mol. The van der Waals surface area contributed by atoms with Crippen molar-refractivity contribution in [2.45, 2.75) is 50.1 Å². The molecule has 0 radical (unpaired) electrons. The number of carbonyl (C=O) groups is 2. The number of rotatable bonds is 3. The second-order valence-corrected chi connectivity index (χ2v) is 12.7. The van der Waals surface area contributed by atoms with Gasteiger partial charge >= 0.3 is 0 Å². The van der Waals surface area contributed by atoms with Gasteiger partial charge in [0.1, 0.15) is 12.0 Å². The molecule has 5 atom stereocenters. The van der Waals surface area contributed by atoms with Crippen molar-refractivity contribution in [2.24, 2.45) is 0 Å². The van der Waals surface area contributed by atoms with Crippen LogP contribution in [0.2, 0.25) is 0 Å². The predicted octanol–water partition coefficient (Wildman–Crippen LogP) is 5.79. The molecule has 2 N–H and O–H groups in total. The summed E-state index contributed by atoms with van der Waals surface area (Å²) in [5, 5.41) is 17.6. The molecule has 5 heterocycles. The Hall–Kier alpha value is -4.70. The Morgan fingerprint density at radius 1 is 0.978 bits per heavy atom. The molecule has 2 amide bonds. The highest BCUT2D eigenvalue weighted by molar-refractivity contribution is 6.31. The van der Waals surface area contributed by atoms with E-state index >= 15 is 0 Å². The Morgan fingerprint density at radius 3 is 2.38 bits per heavy atom. The summed E-state index contributed by atoms with van der Waals surface area (Å²) in [4.78, 5) is 29.3. The molecule has 3 aliphatic rings. The van der Waals surface area contributed by atoms with Gasteiger partial charge in [-0.1, -0.05) is 54.6 Å². The number of fused-ring (bicyclic) bond motifs is 13. The highest BCUT2D eigenvalue weighted by Crippen LogP contribution is 2.54. The molecular formula is C36H32N4O5. The van der Waals surface area contributed by atoms with Gasteiger partial charge in [-0.2, -0.15) is 0 Å². The number of likely N-dealkylation sites (N-methyl/N-ethyl adjacent to an activating group) is 1. The third kappa shape index (κ3) is 3.37. The Balaban J connectivity index is 1.40. The van der Waals surface area contributed by atoms with Crippen molar-refractivity contribution in [1.29, 1.82) is 0 Å². The zero-order valence-electron chi connectivity index (χ0n) is 25.2. The topological polar surface area (TPSA) is 98.0 Å². The summed E-state index contributed by atoms with van der Waals surface area (Å²) in [6.07, 6.45) is -1.05. The first-order valence-corrected chi connectivity index (χ1v) is 15.4. The van der Waals surface area contributed by atoms with Crippen LogP contribution in [-0.4, -0.2) is 57.3 Å². The van der Waals surface area contributed by atoms with Gasteiger partial charge < -0.3 is 33.9 Å². The summed E-state index contributed by atoms with van der Waals surface area (Å²) in [7, 11) is 3.54. The molecule has 2 aromatic heterocycles. The number of aliphatic hydroxyl groups excluding tert-OH is 1. The molecule has 1 saturated heterocycles. The van der Waals surface area contributed by atoms with Gasteiger partial charge in [-0.25, -0.2) is 0 Å². The maximum Gasteiger partial charge on any atom is 0.254 e. The van der Waals surface area contributed by atoms with Crippen LogP contribution in [0.15, 0.2) is 78.9 Å². The van der Waals surface area contributed by atoms with Crippen molar-refractivity contribution < 1.29 is 24.2 Å². The largest absolute Gasteiger partial charge is 0.379 e. The molecule has 9 nitrogen and oxygen atoms in total. The summed E-state index contributed by atoms with van der Waals surface area (Å²) < 4.78 is 18.0. The number of para-hydroxylation sites is 2. The lowest BCUT2D eigenvalue weighted by molar-refractivity contribution is -0.158. The Labute approximate surface area is 258 Å². The van der Waals surface area contributed by atoms with Gasteiger partial charge in [-0.3, -0.25) is 9.59 Å². The highest BCUT2D eigenvalue weighted by Gasteiger charge is 2.49. The van der Waals surface area contributed by atoms with Crippen LogP contribution >= 0.6 is 0 Å². The molecule has 9 heteroatoms. The molecule has 0 saturated carbocycles. The minimum absolute atomic E-state index is 0.0812. The normalized spacial score (nSPS) is 25.6. The van der Waals surface area contributed by atoms with E-state index in [1.807, 2.05) is 73.8 Å². The van der Waals surface area contributed by atoms with E-state index in [2.05, 4.69) is 33.5 Å². The van der Waals surface area contributed by atoms with Crippen molar-refractivity contribution in [3.8, 4) is 0 Å². The molecule has 6 aromatic rings. The smallest absolute Gasteiger partial charge is 0.254 e. The molecular weight excluding hydrogens is 568 g/mol. The lowest BCUT2D eigenvalue weighted by Crippen LogP contribution is -2.47. The summed E-state index contributed by atoms with van der Waals surface area (Å²) in [6.45, 7) is 2.09. The third-order valence-electron chi connectivity index (χ3n) is 10.3. The quantitative estimate of drug-likeness (QED) is 0.268. The summed E-state index contributed by atoms with van der Waals surface area (Å²) in [5.41, 5.74) is 4.50. The van der Waals surface area contributed by atoms with E-state index in [1.54, 1.807) is 12.0 Å². The van der Waals surface area contributed by atoms with Crippen molar-refractivity contribution in [3.05, 3.63) is 95.6 Å². The number of hydrogen-bond donors (Lipinski definition) is 2. The van der Waals surface area contributed by atoms with Crippen LogP contribution in [-0.2, 0) is 15.2 Å². The molecule has 2 bridgehead atoms. The molecule has 1 fully saturated rings. The zero-order valence-corrected chi connectivity index (χ0v) is 25.2. The van der Waals surface area contributed by atoms with Crippen molar-refractivity contribution >= 4 is 55.4 Å². The van der Waals surface area contributed by atoms with E-state index in [0.717, 1.165) is 43.6 Å². The molecule has 0 aliphatic carbocycles. The highest BCUT2D eigenvalue weighted by atomic mass is 16.5. The van der Waals surface area contributed by atoms with E-state index in [1.165, 1.54) is 0 Å². The first-order valence-electron chi connectivity index (χ1n) is 15.4. The zero-order chi connectivity index (χ0) is 30.8. The second-order valence-electron chi connectivity index (χ2n) is 12.7. The van der Waals surface area contributed by atoms with Crippen LogP contribution in [0.1, 0.15) is 58.5 Å². The van der Waals surface area contributed by atoms with Gasteiger partial charge in [-0.05, 0) is 31.2 Å². The van der Waals surface area contributed by atoms with Crippen molar-refractivity contribution in [2.75, 3.05) is 14.2 Å². The van der Waals surface area contributed by atoms with E-state index in [-0.39, 0.29) is 24.0 Å². The van der Waals surface area contributed by atoms with E-state index in [0.29, 0.717) is 29.5 Å². The number of carbonyl (C=O) groups excluding carboxylic acids is 2. The van der Waals surface area contributed by atoms with Gasteiger partial charge in [0.15, 0.2) is 6.23 Å². The maximum atomic E-state index is 13.8. The third-order valence-corrected chi connectivity index (χ3v) is 10.3. The first kappa shape index (κ1) is 26.7. The fourth-order valence-electron chi connectivity index (χ4n) is 8.46. The van der Waals surface area contributed by atoms with Crippen LogP contribution in [0.3, 0.4) is 0 Å². The number of nitrogens with one attached hydrogen (secondary N) is 1.